The van der Waals surface area contributed by atoms with E-state index in [1.54, 1.807) is 0 Å². The van der Waals surface area contributed by atoms with Crippen LogP contribution in [0.4, 0.5) is 4.79 Å². The Bertz CT molecular complexity index is 162. The van der Waals surface area contributed by atoms with Gasteiger partial charge in [0.25, 0.3) is 0 Å². The number of carboxylic acid groups (broad SMARTS) is 1. The number of rotatable bonds is 1. The molecule has 1 saturated heterocycles. The highest BCUT2D eigenvalue weighted by Crippen LogP contribution is 2.18. The number of likely N-dealkylation sites (tertiary alicyclic amines) is 1. The van der Waals surface area contributed by atoms with Crippen LogP contribution in [-0.2, 0) is 4.79 Å². The van der Waals surface area contributed by atoms with Crippen molar-refractivity contribution >= 4 is 22.9 Å². The Morgan fingerprint density at radius 2 is 2.20 bits per heavy atom. The van der Waals surface area contributed by atoms with Crippen LogP contribution in [-0.4, -0.2) is 33.9 Å². The van der Waals surface area contributed by atoms with E-state index in [-0.39, 0.29) is 0 Å². The van der Waals surface area contributed by atoms with Crippen LogP contribution in [0.5, 0.6) is 0 Å². The highest BCUT2D eigenvalue weighted by atomic mass is 35.5. The van der Waals surface area contributed by atoms with Crippen molar-refractivity contribution in [2.45, 2.75) is 12.5 Å². The normalized spacial score (nSPS) is 23.7. The molecule has 1 atom stereocenters. The number of halogens is 1. The quantitative estimate of drug-likeness (QED) is 0.573. The van der Waals surface area contributed by atoms with Crippen molar-refractivity contribution in [3.05, 3.63) is 0 Å². The maximum Gasteiger partial charge on any atom is 0.407 e. The summed E-state index contributed by atoms with van der Waals surface area (Å²) < 4.78 is 0. The van der Waals surface area contributed by atoms with Crippen LogP contribution in [0.2, 0.25) is 0 Å². The molecule has 10 heavy (non-hydrogen) atoms. The van der Waals surface area contributed by atoms with E-state index < -0.39 is 17.4 Å². The van der Waals surface area contributed by atoms with Crippen molar-refractivity contribution < 1.29 is 14.7 Å². The van der Waals surface area contributed by atoms with E-state index in [0.29, 0.717) is 13.0 Å². The first-order valence-electron chi connectivity index (χ1n) is 2.82. The monoisotopic (exact) mass is 163 g/mol. The Kier molecular flexibility index (Phi) is 1.80. The highest BCUT2D eigenvalue weighted by molar-refractivity contribution is 6.65. The third-order valence-corrected chi connectivity index (χ3v) is 1.78. The second kappa shape index (κ2) is 2.46. The average Bonchev–Trinajstić information content (AvgIpc) is 1.56. The molecule has 0 aromatic rings. The molecule has 1 amide bonds. The predicted octanol–water partition coefficient (Wildman–Crippen LogP) is 0.504. The third kappa shape index (κ3) is 1.07. The van der Waals surface area contributed by atoms with Gasteiger partial charge in [0, 0.05) is 6.54 Å². The maximum absolute atomic E-state index is 10.4. The molecule has 0 bridgehead atoms. The standard InChI is InChI=1S/C5H6ClNO3/c6-4(8)3-1-2-7(3)5(9)10/h3H,1-2H2,(H,9,10)/t3-/m1/s1. The molecule has 0 spiro atoms. The molecule has 1 fully saturated rings. The van der Waals surface area contributed by atoms with Gasteiger partial charge in [-0.3, -0.25) is 9.69 Å². The molecular formula is C5H6ClNO3. The minimum atomic E-state index is -1.08. The van der Waals surface area contributed by atoms with Gasteiger partial charge >= 0.3 is 6.09 Å². The third-order valence-electron chi connectivity index (χ3n) is 1.53. The highest BCUT2D eigenvalue weighted by Gasteiger charge is 2.36. The van der Waals surface area contributed by atoms with Crippen LogP contribution in [0.1, 0.15) is 6.42 Å². The van der Waals surface area contributed by atoms with E-state index in [0.717, 1.165) is 4.90 Å². The summed E-state index contributed by atoms with van der Waals surface area (Å²) in [6.07, 6.45) is -0.528. The van der Waals surface area contributed by atoms with E-state index >= 15 is 0 Å². The molecule has 0 radical (unpaired) electrons. The summed E-state index contributed by atoms with van der Waals surface area (Å²) in [5.74, 6) is 0. The average molecular weight is 164 g/mol. The lowest BCUT2D eigenvalue weighted by molar-refractivity contribution is -0.119. The van der Waals surface area contributed by atoms with Crippen molar-refractivity contribution in [1.82, 2.24) is 4.90 Å². The minimum absolute atomic E-state index is 0.415. The molecule has 1 aliphatic rings. The van der Waals surface area contributed by atoms with Crippen molar-refractivity contribution in [3.8, 4) is 0 Å². The van der Waals surface area contributed by atoms with Gasteiger partial charge in [0.15, 0.2) is 0 Å². The fourth-order valence-corrected chi connectivity index (χ4v) is 1.08. The summed E-state index contributed by atoms with van der Waals surface area (Å²) in [6, 6.07) is -0.598. The first-order valence-corrected chi connectivity index (χ1v) is 3.19. The number of carbonyl (C=O) groups is 2. The lowest BCUT2D eigenvalue weighted by Gasteiger charge is -2.35. The van der Waals surface area contributed by atoms with Crippen LogP contribution in [0.3, 0.4) is 0 Å². The Labute approximate surface area is 62.4 Å². The summed E-state index contributed by atoms with van der Waals surface area (Å²) in [5.41, 5.74) is 0. The number of nitrogens with zero attached hydrogens (tertiary/aromatic N) is 1. The molecule has 0 aromatic carbocycles. The van der Waals surface area contributed by atoms with Gasteiger partial charge in [-0.1, -0.05) is 0 Å². The lowest BCUT2D eigenvalue weighted by Crippen LogP contribution is -2.53. The van der Waals surface area contributed by atoms with Gasteiger partial charge < -0.3 is 5.11 Å². The van der Waals surface area contributed by atoms with Crippen LogP contribution >= 0.6 is 11.6 Å². The van der Waals surface area contributed by atoms with Gasteiger partial charge in [0.05, 0.1) is 0 Å². The van der Waals surface area contributed by atoms with Crippen LogP contribution in [0, 0.1) is 0 Å². The summed E-state index contributed by atoms with van der Waals surface area (Å²) in [7, 11) is 0. The molecule has 0 unspecified atom stereocenters. The fraction of sp³-hybridized carbons (Fsp3) is 0.600. The molecule has 1 heterocycles. The first kappa shape index (κ1) is 7.34. The number of hydrogen-bond acceptors (Lipinski definition) is 2. The lowest BCUT2D eigenvalue weighted by atomic mass is 10.1. The topological polar surface area (TPSA) is 57.6 Å². The van der Waals surface area contributed by atoms with Crippen molar-refractivity contribution in [1.29, 1.82) is 0 Å². The van der Waals surface area contributed by atoms with E-state index in [9.17, 15) is 9.59 Å². The van der Waals surface area contributed by atoms with Crippen LogP contribution in [0.25, 0.3) is 0 Å². The van der Waals surface area contributed by atoms with Crippen LogP contribution in [0.15, 0.2) is 0 Å². The molecule has 0 aromatic heterocycles. The smallest absolute Gasteiger partial charge is 0.407 e. The van der Waals surface area contributed by atoms with E-state index in [4.69, 9.17) is 16.7 Å². The predicted molar refractivity (Wildman–Crippen MR) is 34.0 cm³/mol. The second-order valence-corrected chi connectivity index (χ2v) is 2.46. The summed E-state index contributed by atoms with van der Waals surface area (Å²) in [5, 5.41) is 7.78. The SMILES string of the molecule is O=C(Cl)[C@H]1CCN1C(=O)O. The Morgan fingerprint density at radius 3 is 2.30 bits per heavy atom. The number of amides is 1. The molecule has 4 nitrogen and oxygen atoms in total. The summed E-state index contributed by atoms with van der Waals surface area (Å²) >= 11 is 5.07. The summed E-state index contributed by atoms with van der Waals surface area (Å²) in [4.78, 5) is 21.6. The molecule has 1 rings (SSSR count). The molecule has 0 aliphatic carbocycles. The maximum atomic E-state index is 10.4. The van der Waals surface area contributed by atoms with Gasteiger partial charge in [-0.25, -0.2) is 4.79 Å². The second-order valence-electron chi connectivity index (χ2n) is 2.08. The molecular weight excluding hydrogens is 158 g/mol. The van der Waals surface area contributed by atoms with Gasteiger partial charge in [-0.15, -0.1) is 0 Å². The van der Waals surface area contributed by atoms with Crippen LogP contribution < -0.4 is 0 Å². The molecule has 0 saturated carbocycles. The van der Waals surface area contributed by atoms with E-state index in [1.807, 2.05) is 0 Å². The van der Waals surface area contributed by atoms with Gasteiger partial charge in [-0.2, -0.15) is 0 Å². The first-order chi connectivity index (χ1) is 4.63. The number of carbonyl (C=O) groups excluding carboxylic acids is 1. The molecule has 1 aliphatic heterocycles. The van der Waals surface area contributed by atoms with Gasteiger partial charge in [0.2, 0.25) is 5.24 Å². The summed E-state index contributed by atoms with van der Waals surface area (Å²) in [6.45, 7) is 0.415. The van der Waals surface area contributed by atoms with E-state index in [1.165, 1.54) is 0 Å². The zero-order chi connectivity index (χ0) is 7.72. The zero-order valence-corrected chi connectivity index (χ0v) is 5.84. The number of hydrogen-bond donors (Lipinski definition) is 1. The molecule has 5 heteroatoms. The van der Waals surface area contributed by atoms with Crippen molar-refractivity contribution in [3.63, 3.8) is 0 Å². The minimum Gasteiger partial charge on any atom is -0.465 e. The van der Waals surface area contributed by atoms with Gasteiger partial charge in [0.1, 0.15) is 6.04 Å². The van der Waals surface area contributed by atoms with E-state index in [2.05, 4.69) is 0 Å². The Morgan fingerprint density at radius 1 is 1.60 bits per heavy atom. The Balaban J connectivity index is 2.51. The van der Waals surface area contributed by atoms with Crippen molar-refractivity contribution in [2.24, 2.45) is 0 Å². The molecule has 56 valence electrons. The van der Waals surface area contributed by atoms with Crippen molar-refractivity contribution in [2.75, 3.05) is 6.54 Å². The largest absolute Gasteiger partial charge is 0.465 e. The zero-order valence-electron chi connectivity index (χ0n) is 5.08. The Hall–Kier alpha value is -0.770. The fourth-order valence-electron chi connectivity index (χ4n) is 0.852. The molecule has 1 N–H and O–H groups in total. The van der Waals surface area contributed by atoms with Gasteiger partial charge in [-0.05, 0) is 18.0 Å².